The quantitative estimate of drug-likeness (QED) is 0.931. The highest BCUT2D eigenvalue weighted by atomic mass is 32.2. The molecule has 112 valence electrons. The molecule has 0 bridgehead atoms. The predicted molar refractivity (Wildman–Crippen MR) is 77.6 cm³/mol. The summed E-state index contributed by atoms with van der Waals surface area (Å²) in [6.07, 6.45) is 2.71. The van der Waals surface area contributed by atoms with Crippen molar-refractivity contribution < 1.29 is 12.8 Å². The Bertz CT molecular complexity index is 600. The second-order valence-electron chi connectivity index (χ2n) is 6.59. The number of hydrogen-bond donors (Lipinski definition) is 1. The molecule has 1 unspecified atom stereocenters. The van der Waals surface area contributed by atoms with Crippen molar-refractivity contribution in [1.29, 1.82) is 0 Å². The molecule has 1 atom stereocenters. The third-order valence-corrected chi connectivity index (χ3v) is 5.81. The van der Waals surface area contributed by atoms with Crippen molar-refractivity contribution in [2.24, 2.45) is 5.41 Å². The molecule has 0 saturated heterocycles. The monoisotopic (exact) mass is 299 g/mol. The number of aryl methyl sites for hydroxylation is 2. The van der Waals surface area contributed by atoms with E-state index in [9.17, 15) is 12.8 Å². The van der Waals surface area contributed by atoms with Crippen molar-refractivity contribution >= 4 is 10.0 Å². The Kier molecular flexibility index (Phi) is 3.95. The Morgan fingerprint density at radius 2 is 1.80 bits per heavy atom. The number of sulfonamides is 1. The second-order valence-corrected chi connectivity index (χ2v) is 8.24. The van der Waals surface area contributed by atoms with Gasteiger partial charge in [0.15, 0.2) is 0 Å². The average molecular weight is 299 g/mol. The summed E-state index contributed by atoms with van der Waals surface area (Å²) in [5.41, 5.74) is 1.08. The molecular weight excluding hydrogens is 277 g/mol. The molecule has 0 spiro atoms. The van der Waals surface area contributed by atoms with E-state index in [1.807, 2.05) is 0 Å². The van der Waals surface area contributed by atoms with Gasteiger partial charge in [-0.25, -0.2) is 17.5 Å². The van der Waals surface area contributed by atoms with Crippen molar-refractivity contribution in [3.05, 3.63) is 29.1 Å². The number of nitrogens with one attached hydrogen (secondary N) is 1. The highest BCUT2D eigenvalue weighted by Crippen LogP contribution is 2.37. The van der Waals surface area contributed by atoms with E-state index in [-0.39, 0.29) is 16.4 Å². The van der Waals surface area contributed by atoms with Gasteiger partial charge in [-0.15, -0.1) is 0 Å². The van der Waals surface area contributed by atoms with Crippen LogP contribution in [0.15, 0.2) is 17.0 Å². The first-order valence-corrected chi connectivity index (χ1v) is 8.38. The smallest absolute Gasteiger partial charge is 0.208 e. The second kappa shape index (κ2) is 5.11. The summed E-state index contributed by atoms with van der Waals surface area (Å²) in [5.74, 6) is -0.402. The van der Waals surface area contributed by atoms with Gasteiger partial charge in [0.2, 0.25) is 10.0 Å². The van der Waals surface area contributed by atoms with Gasteiger partial charge < -0.3 is 0 Å². The fourth-order valence-corrected chi connectivity index (χ4v) is 4.86. The van der Waals surface area contributed by atoms with Gasteiger partial charge in [-0.1, -0.05) is 13.8 Å². The van der Waals surface area contributed by atoms with Crippen LogP contribution in [0.1, 0.15) is 44.2 Å². The topological polar surface area (TPSA) is 46.2 Å². The van der Waals surface area contributed by atoms with Crippen LogP contribution >= 0.6 is 0 Å². The fraction of sp³-hybridized carbons (Fsp3) is 0.600. The normalized spacial score (nSPS) is 22.1. The Hall–Kier alpha value is -0.940. The molecule has 1 aliphatic carbocycles. The van der Waals surface area contributed by atoms with Crippen LogP contribution in [0.25, 0.3) is 0 Å². The predicted octanol–water partition coefficient (Wildman–Crippen LogP) is 3.30. The summed E-state index contributed by atoms with van der Waals surface area (Å²) in [7, 11) is -3.59. The maximum absolute atomic E-state index is 13.3. The maximum atomic E-state index is 13.3. The van der Waals surface area contributed by atoms with Crippen LogP contribution in [0.2, 0.25) is 0 Å². The van der Waals surface area contributed by atoms with Crippen molar-refractivity contribution in [3.8, 4) is 0 Å². The largest absolute Gasteiger partial charge is 0.241 e. The van der Waals surface area contributed by atoms with E-state index >= 15 is 0 Å². The number of rotatable bonds is 3. The molecule has 20 heavy (non-hydrogen) atoms. The Balaban J connectivity index is 2.28. The van der Waals surface area contributed by atoms with E-state index in [2.05, 4.69) is 18.6 Å². The molecule has 3 nitrogen and oxygen atoms in total. The van der Waals surface area contributed by atoms with E-state index in [1.165, 1.54) is 12.1 Å². The van der Waals surface area contributed by atoms with Crippen LogP contribution in [0.4, 0.5) is 4.39 Å². The molecule has 1 aliphatic rings. The minimum Gasteiger partial charge on any atom is -0.208 e. The minimum atomic E-state index is -3.59. The highest BCUT2D eigenvalue weighted by molar-refractivity contribution is 7.89. The summed E-state index contributed by atoms with van der Waals surface area (Å²) in [5, 5.41) is 0. The molecule has 1 aromatic rings. The van der Waals surface area contributed by atoms with Crippen molar-refractivity contribution in [1.82, 2.24) is 4.72 Å². The molecule has 1 fully saturated rings. The summed E-state index contributed by atoms with van der Waals surface area (Å²) >= 11 is 0. The Labute approximate surface area is 120 Å². The van der Waals surface area contributed by atoms with E-state index in [4.69, 9.17) is 0 Å². The molecule has 1 aromatic carbocycles. The van der Waals surface area contributed by atoms with Crippen molar-refractivity contribution in [3.63, 3.8) is 0 Å². The number of hydrogen-bond acceptors (Lipinski definition) is 2. The van der Waals surface area contributed by atoms with E-state index in [0.29, 0.717) is 11.1 Å². The van der Waals surface area contributed by atoms with Gasteiger partial charge in [0.1, 0.15) is 5.82 Å². The van der Waals surface area contributed by atoms with Crippen molar-refractivity contribution in [2.45, 2.75) is 57.9 Å². The molecule has 1 N–H and O–H groups in total. The lowest BCUT2D eigenvalue weighted by Crippen LogP contribution is -2.34. The molecule has 0 radical (unpaired) electrons. The maximum Gasteiger partial charge on any atom is 0.241 e. The molecule has 0 aromatic heterocycles. The average Bonchev–Trinajstić information content (AvgIpc) is 2.54. The lowest BCUT2D eigenvalue weighted by atomic mass is 9.92. The summed E-state index contributed by atoms with van der Waals surface area (Å²) < 4.78 is 41.1. The van der Waals surface area contributed by atoms with Crippen LogP contribution in [0, 0.1) is 25.1 Å². The van der Waals surface area contributed by atoms with Crippen LogP contribution in [-0.4, -0.2) is 14.5 Å². The first-order chi connectivity index (χ1) is 9.11. The standard InChI is InChI=1S/C15H22FNO2S/c1-10-7-12(16)8-11(2)14(10)20(18,19)17-13-5-6-15(3,4)9-13/h7-8,13,17H,5-6,9H2,1-4H3. The lowest BCUT2D eigenvalue weighted by Gasteiger charge is -2.19. The summed E-state index contributed by atoms with van der Waals surface area (Å²) in [6, 6.07) is 2.50. The lowest BCUT2D eigenvalue weighted by molar-refractivity contribution is 0.372. The molecule has 0 heterocycles. The first-order valence-electron chi connectivity index (χ1n) is 6.90. The van der Waals surface area contributed by atoms with Gasteiger partial charge in [-0.05, 0) is 61.8 Å². The number of benzene rings is 1. The molecule has 1 saturated carbocycles. The Morgan fingerprint density at radius 1 is 1.25 bits per heavy atom. The highest BCUT2D eigenvalue weighted by Gasteiger charge is 2.34. The van der Waals surface area contributed by atoms with Gasteiger partial charge in [0, 0.05) is 6.04 Å². The molecule has 5 heteroatoms. The zero-order chi connectivity index (χ0) is 15.1. The summed E-state index contributed by atoms with van der Waals surface area (Å²) in [6.45, 7) is 7.55. The van der Waals surface area contributed by atoms with Crippen LogP contribution < -0.4 is 4.72 Å². The van der Waals surface area contributed by atoms with Crippen LogP contribution in [0.5, 0.6) is 0 Å². The third-order valence-electron chi connectivity index (χ3n) is 3.98. The zero-order valence-electron chi connectivity index (χ0n) is 12.5. The molecule has 0 aliphatic heterocycles. The van der Waals surface area contributed by atoms with Gasteiger partial charge in [0.25, 0.3) is 0 Å². The SMILES string of the molecule is Cc1cc(F)cc(C)c1S(=O)(=O)NC1CCC(C)(C)C1. The van der Waals surface area contributed by atoms with Crippen LogP contribution in [0.3, 0.4) is 0 Å². The molecular formula is C15H22FNO2S. The summed E-state index contributed by atoms with van der Waals surface area (Å²) in [4.78, 5) is 0.212. The van der Waals surface area contributed by atoms with Gasteiger partial charge in [-0.2, -0.15) is 0 Å². The van der Waals surface area contributed by atoms with E-state index in [1.54, 1.807) is 13.8 Å². The van der Waals surface area contributed by atoms with Crippen LogP contribution in [-0.2, 0) is 10.0 Å². The van der Waals surface area contributed by atoms with Crippen molar-refractivity contribution in [2.75, 3.05) is 0 Å². The fourth-order valence-electron chi connectivity index (χ4n) is 3.14. The van der Waals surface area contributed by atoms with E-state index < -0.39 is 15.8 Å². The minimum absolute atomic E-state index is 0.0288. The molecule has 0 amide bonds. The van der Waals surface area contributed by atoms with Gasteiger partial charge in [0.05, 0.1) is 4.90 Å². The van der Waals surface area contributed by atoms with Gasteiger partial charge in [-0.3, -0.25) is 0 Å². The zero-order valence-corrected chi connectivity index (χ0v) is 13.3. The van der Waals surface area contributed by atoms with Gasteiger partial charge >= 0.3 is 0 Å². The number of halogens is 1. The first kappa shape index (κ1) is 15.4. The third kappa shape index (κ3) is 3.20. The van der Waals surface area contributed by atoms with E-state index in [0.717, 1.165) is 19.3 Å². The Morgan fingerprint density at radius 3 is 2.25 bits per heavy atom. The molecule has 2 rings (SSSR count).